The maximum absolute atomic E-state index is 11.5. The number of thiazole rings is 1. The molecule has 0 spiro atoms. The number of guanidine groups is 1. The van der Waals surface area contributed by atoms with E-state index in [1.165, 1.54) is 4.88 Å². The Bertz CT molecular complexity index is 723. The number of benzene rings is 1. The van der Waals surface area contributed by atoms with Gasteiger partial charge in [-0.1, -0.05) is 12.1 Å². The van der Waals surface area contributed by atoms with Gasteiger partial charge in [-0.3, -0.25) is 9.79 Å². The van der Waals surface area contributed by atoms with E-state index < -0.39 is 0 Å². The second kappa shape index (κ2) is 11.1. The first-order valence-electron chi connectivity index (χ1n) is 8.22. The number of nitrogens with one attached hydrogen (secondary N) is 3. The molecule has 2 rings (SSSR count). The molecular formula is C18H26IN5OS. The Morgan fingerprint density at radius 2 is 1.88 bits per heavy atom. The van der Waals surface area contributed by atoms with E-state index in [0.29, 0.717) is 12.1 Å². The molecule has 1 amide bonds. The van der Waals surface area contributed by atoms with Crippen molar-refractivity contribution in [2.45, 2.75) is 26.8 Å². The molecular weight excluding hydrogens is 461 g/mol. The Morgan fingerprint density at radius 1 is 1.19 bits per heavy atom. The summed E-state index contributed by atoms with van der Waals surface area (Å²) in [6, 6.07) is 7.51. The molecule has 0 fully saturated rings. The van der Waals surface area contributed by atoms with Crippen molar-refractivity contribution in [3.63, 3.8) is 0 Å². The first kappa shape index (κ1) is 22.4. The highest BCUT2D eigenvalue weighted by Gasteiger charge is 2.05. The number of aliphatic imine (C=N–C) groups is 1. The minimum absolute atomic E-state index is 0. The lowest BCUT2D eigenvalue weighted by Gasteiger charge is -2.11. The molecule has 1 aromatic heterocycles. The summed E-state index contributed by atoms with van der Waals surface area (Å²) in [6.45, 7) is 5.56. The van der Waals surface area contributed by atoms with Crippen LogP contribution in [0.25, 0.3) is 0 Å². The Balaban J connectivity index is 0.00000338. The highest BCUT2D eigenvalue weighted by molar-refractivity contribution is 14.0. The number of rotatable bonds is 6. The normalized spacial score (nSPS) is 10.8. The molecule has 2 aromatic rings. The molecule has 0 radical (unpaired) electrons. The fourth-order valence-electron chi connectivity index (χ4n) is 2.26. The summed E-state index contributed by atoms with van der Waals surface area (Å²) in [5.74, 6) is 0.671. The zero-order valence-corrected chi connectivity index (χ0v) is 18.7. The number of carbonyl (C=O) groups excluding carboxylic acids is 1. The van der Waals surface area contributed by atoms with E-state index in [1.54, 1.807) is 25.4 Å². The van der Waals surface area contributed by atoms with Gasteiger partial charge in [-0.05, 0) is 31.5 Å². The van der Waals surface area contributed by atoms with Gasteiger partial charge < -0.3 is 16.0 Å². The number of hydrogen-bond acceptors (Lipinski definition) is 4. The van der Waals surface area contributed by atoms with Crippen LogP contribution in [0.3, 0.4) is 0 Å². The number of amides is 1. The van der Waals surface area contributed by atoms with Crippen molar-refractivity contribution in [2.75, 3.05) is 20.6 Å². The average Bonchev–Trinajstić information content (AvgIpc) is 2.95. The fraction of sp³-hybridized carbons (Fsp3) is 0.389. The molecule has 0 aliphatic rings. The van der Waals surface area contributed by atoms with E-state index in [4.69, 9.17) is 0 Å². The maximum atomic E-state index is 11.5. The summed E-state index contributed by atoms with van der Waals surface area (Å²) in [5.41, 5.74) is 2.85. The minimum atomic E-state index is -0.0790. The van der Waals surface area contributed by atoms with Gasteiger partial charge in [0.25, 0.3) is 5.91 Å². The van der Waals surface area contributed by atoms with Crippen LogP contribution in [0.5, 0.6) is 0 Å². The van der Waals surface area contributed by atoms with Gasteiger partial charge in [0, 0.05) is 44.0 Å². The number of hydrogen-bond donors (Lipinski definition) is 3. The molecule has 142 valence electrons. The van der Waals surface area contributed by atoms with Crippen molar-refractivity contribution in [1.29, 1.82) is 0 Å². The van der Waals surface area contributed by atoms with E-state index in [2.05, 4.69) is 32.9 Å². The van der Waals surface area contributed by atoms with Crippen LogP contribution < -0.4 is 16.0 Å². The second-order valence-corrected chi connectivity index (χ2v) is 6.92. The molecule has 0 atom stereocenters. The molecule has 3 N–H and O–H groups in total. The summed E-state index contributed by atoms with van der Waals surface area (Å²) >= 11 is 1.75. The monoisotopic (exact) mass is 487 g/mol. The summed E-state index contributed by atoms with van der Waals surface area (Å²) in [4.78, 5) is 21.6. The predicted molar refractivity (Wildman–Crippen MR) is 119 cm³/mol. The maximum Gasteiger partial charge on any atom is 0.251 e. The lowest BCUT2D eigenvalue weighted by atomic mass is 10.1. The molecule has 0 aliphatic heterocycles. The molecule has 0 unspecified atom stereocenters. The van der Waals surface area contributed by atoms with Gasteiger partial charge in [-0.2, -0.15) is 0 Å². The quantitative estimate of drug-likeness (QED) is 0.333. The van der Waals surface area contributed by atoms with Gasteiger partial charge in [0.2, 0.25) is 0 Å². The Kier molecular flexibility index (Phi) is 9.57. The van der Waals surface area contributed by atoms with Crippen molar-refractivity contribution < 1.29 is 4.79 Å². The first-order chi connectivity index (χ1) is 12.0. The van der Waals surface area contributed by atoms with Crippen LogP contribution in [0.2, 0.25) is 0 Å². The van der Waals surface area contributed by atoms with Crippen molar-refractivity contribution in [2.24, 2.45) is 4.99 Å². The van der Waals surface area contributed by atoms with Crippen LogP contribution in [0, 0.1) is 13.8 Å². The van der Waals surface area contributed by atoms with Gasteiger partial charge in [0.1, 0.15) is 0 Å². The molecule has 1 heterocycles. The molecule has 1 aromatic carbocycles. The zero-order valence-electron chi connectivity index (χ0n) is 15.5. The van der Waals surface area contributed by atoms with Crippen LogP contribution in [-0.2, 0) is 13.0 Å². The van der Waals surface area contributed by atoms with Gasteiger partial charge in [0.05, 0.1) is 10.7 Å². The Hall–Kier alpha value is -1.68. The van der Waals surface area contributed by atoms with E-state index in [9.17, 15) is 4.79 Å². The highest BCUT2D eigenvalue weighted by Crippen LogP contribution is 2.16. The summed E-state index contributed by atoms with van der Waals surface area (Å²) in [7, 11) is 3.38. The lowest BCUT2D eigenvalue weighted by Crippen LogP contribution is -2.37. The molecule has 0 aliphatic carbocycles. The minimum Gasteiger partial charge on any atom is -0.356 e. The van der Waals surface area contributed by atoms with Crippen molar-refractivity contribution in [3.05, 3.63) is 51.0 Å². The molecule has 8 heteroatoms. The molecule has 0 saturated heterocycles. The number of halogens is 1. The van der Waals surface area contributed by atoms with Crippen LogP contribution in [0.4, 0.5) is 0 Å². The third-order valence-electron chi connectivity index (χ3n) is 3.83. The first-order valence-corrected chi connectivity index (χ1v) is 9.03. The predicted octanol–water partition coefficient (Wildman–Crippen LogP) is 2.65. The van der Waals surface area contributed by atoms with E-state index in [-0.39, 0.29) is 29.9 Å². The molecule has 6 nitrogen and oxygen atoms in total. The molecule has 0 saturated carbocycles. The topological polar surface area (TPSA) is 78.4 Å². The molecule has 26 heavy (non-hydrogen) atoms. The fourth-order valence-corrected chi connectivity index (χ4v) is 3.19. The largest absolute Gasteiger partial charge is 0.356 e. The molecule has 0 bridgehead atoms. The van der Waals surface area contributed by atoms with Gasteiger partial charge >= 0.3 is 0 Å². The van der Waals surface area contributed by atoms with Gasteiger partial charge in [-0.25, -0.2) is 4.98 Å². The third-order valence-corrected chi connectivity index (χ3v) is 4.96. The van der Waals surface area contributed by atoms with Crippen LogP contribution in [0.15, 0.2) is 29.3 Å². The third kappa shape index (κ3) is 6.56. The van der Waals surface area contributed by atoms with E-state index >= 15 is 0 Å². The number of nitrogens with zero attached hydrogens (tertiary/aromatic N) is 2. The van der Waals surface area contributed by atoms with Crippen molar-refractivity contribution in [3.8, 4) is 0 Å². The second-order valence-electron chi connectivity index (χ2n) is 5.63. The van der Waals surface area contributed by atoms with Gasteiger partial charge in [-0.15, -0.1) is 35.3 Å². The van der Waals surface area contributed by atoms with Crippen LogP contribution in [-0.4, -0.2) is 37.5 Å². The van der Waals surface area contributed by atoms with Gasteiger partial charge in [0.15, 0.2) is 5.96 Å². The Morgan fingerprint density at radius 3 is 2.42 bits per heavy atom. The number of carbonyl (C=O) groups is 1. The van der Waals surface area contributed by atoms with Crippen molar-refractivity contribution >= 4 is 47.2 Å². The Labute approximate surface area is 175 Å². The van der Waals surface area contributed by atoms with Crippen LogP contribution in [0.1, 0.15) is 31.5 Å². The number of aromatic nitrogens is 1. The average molecular weight is 487 g/mol. The highest BCUT2D eigenvalue weighted by atomic mass is 127. The van der Waals surface area contributed by atoms with Crippen LogP contribution >= 0.6 is 35.3 Å². The lowest BCUT2D eigenvalue weighted by molar-refractivity contribution is 0.0963. The number of aryl methyl sites for hydroxylation is 2. The van der Waals surface area contributed by atoms with Crippen molar-refractivity contribution in [1.82, 2.24) is 20.9 Å². The zero-order chi connectivity index (χ0) is 18.2. The summed E-state index contributed by atoms with van der Waals surface area (Å²) in [6.07, 6.45) is 0.876. The summed E-state index contributed by atoms with van der Waals surface area (Å²) in [5, 5.41) is 10.3. The standard InChI is InChI=1S/C18H25N5OS.HI/c1-12-13(2)25-16(23-12)9-10-21-18(20-4)22-11-14-5-7-15(8-6-14)17(24)19-3;/h5-8H,9-11H2,1-4H3,(H,19,24)(H2,20,21,22);1H. The van der Waals surface area contributed by atoms with E-state index in [0.717, 1.165) is 35.2 Å². The van der Waals surface area contributed by atoms with E-state index in [1.807, 2.05) is 31.2 Å². The summed E-state index contributed by atoms with van der Waals surface area (Å²) < 4.78 is 0. The SMILES string of the molecule is CN=C(NCCc1nc(C)c(C)s1)NCc1ccc(C(=O)NC)cc1.I. The smallest absolute Gasteiger partial charge is 0.251 e.